The Morgan fingerprint density at radius 1 is 0.583 bits per heavy atom. The van der Waals surface area contributed by atoms with Crippen molar-refractivity contribution in [2.75, 3.05) is 19.7 Å². The van der Waals surface area contributed by atoms with Gasteiger partial charge in [0.15, 0.2) is 0 Å². The van der Waals surface area contributed by atoms with Gasteiger partial charge < -0.3 is 69.7 Å². The highest BCUT2D eigenvalue weighted by Gasteiger charge is 2.34. The molecule has 23 heteroatoms. The first-order chi connectivity index (χ1) is 27.9. The van der Waals surface area contributed by atoms with Crippen molar-refractivity contribution in [3.8, 4) is 0 Å². The van der Waals surface area contributed by atoms with Crippen LogP contribution < -0.4 is 54.4 Å². The molecule has 23 nitrogen and oxygen atoms in total. The maximum absolute atomic E-state index is 13.4. The number of nitrogens with two attached hydrogens (primary N) is 3. The molecule has 0 bridgehead atoms. The topological polar surface area (TPSA) is 394 Å². The lowest BCUT2D eigenvalue weighted by atomic mass is 9.99. The number of primary amides is 1. The molecule has 0 saturated heterocycles. The molecule has 8 amide bonds. The number of hydrogen-bond acceptors (Lipinski definition) is 13. The fraction of sp³-hybridized carbons (Fsp3) is 0.730. The normalized spacial score (nSPS) is 14.7. The van der Waals surface area contributed by atoms with E-state index >= 15 is 0 Å². The largest absolute Gasteiger partial charge is 0.481 e. The van der Waals surface area contributed by atoms with E-state index < -0.39 is 140 Å². The van der Waals surface area contributed by atoms with Crippen LogP contribution in [0.15, 0.2) is 0 Å². The SMILES string of the molecule is CC(C)C[C@H](NC(=O)CNC(=O)[C@H](CCCCN)NC(=O)[C@H](CO)NC(=O)[C@H](CC(N)=O)NC(=O)[C@@H](N)CC(C)C)C(=O)N[C@H](C(=O)N[C@@H](CCC(=O)O)C(=O)O)C(C)C. The number of carbonyl (C=O) groups excluding carboxylic acids is 8. The van der Waals surface area contributed by atoms with Gasteiger partial charge in [0.05, 0.1) is 25.6 Å². The molecule has 0 aliphatic rings. The van der Waals surface area contributed by atoms with E-state index in [0.717, 1.165) is 0 Å². The highest BCUT2D eigenvalue weighted by molar-refractivity contribution is 5.98. The molecule has 0 aliphatic carbocycles. The van der Waals surface area contributed by atoms with Gasteiger partial charge in [-0.2, -0.15) is 0 Å². The molecule has 342 valence electrons. The van der Waals surface area contributed by atoms with Crippen LogP contribution in [0.4, 0.5) is 0 Å². The average molecular weight is 859 g/mol. The number of rotatable bonds is 30. The monoisotopic (exact) mass is 858 g/mol. The summed E-state index contributed by atoms with van der Waals surface area (Å²) in [7, 11) is 0. The number of carbonyl (C=O) groups is 10. The fourth-order valence-corrected chi connectivity index (χ4v) is 5.62. The molecular weight excluding hydrogens is 792 g/mol. The van der Waals surface area contributed by atoms with E-state index in [1.807, 2.05) is 13.8 Å². The fourth-order valence-electron chi connectivity index (χ4n) is 5.62. The Morgan fingerprint density at radius 3 is 1.62 bits per heavy atom. The van der Waals surface area contributed by atoms with Crippen molar-refractivity contribution >= 4 is 59.2 Å². The second-order valence-electron chi connectivity index (χ2n) is 15.6. The Bertz CT molecular complexity index is 1490. The van der Waals surface area contributed by atoms with Crippen LogP contribution in [0.25, 0.3) is 0 Å². The Labute approximate surface area is 349 Å². The van der Waals surface area contributed by atoms with Crippen molar-refractivity contribution in [1.29, 1.82) is 0 Å². The van der Waals surface area contributed by atoms with E-state index in [1.54, 1.807) is 27.7 Å². The van der Waals surface area contributed by atoms with Crippen LogP contribution in [0.5, 0.6) is 0 Å². The van der Waals surface area contributed by atoms with Crippen molar-refractivity contribution in [2.45, 2.75) is 135 Å². The Hall–Kier alpha value is -5.42. The van der Waals surface area contributed by atoms with Gasteiger partial charge in [0, 0.05) is 6.42 Å². The molecule has 0 spiro atoms. The molecule has 0 fully saturated rings. The number of aliphatic hydroxyl groups is 1. The summed E-state index contributed by atoms with van der Waals surface area (Å²) in [6.45, 7) is 8.91. The van der Waals surface area contributed by atoms with Gasteiger partial charge >= 0.3 is 11.9 Å². The third kappa shape index (κ3) is 22.1. The Balaban J connectivity index is 5.87. The minimum absolute atomic E-state index is 0.00661. The molecule has 0 aromatic carbocycles. The number of carboxylic acids is 2. The van der Waals surface area contributed by atoms with Crippen LogP contribution in [0, 0.1) is 17.8 Å². The summed E-state index contributed by atoms with van der Waals surface area (Å²) in [5.74, 6) is -10.6. The number of amides is 8. The van der Waals surface area contributed by atoms with Crippen molar-refractivity contribution < 1.29 is 63.3 Å². The van der Waals surface area contributed by atoms with Gasteiger partial charge in [0.2, 0.25) is 47.3 Å². The molecule has 0 rings (SSSR count). The molecule has 16 N–H and O–H groups in total. The number of unbranched alkanes of at least 4 members (excludes halogenated alkanes) is 1. The van der Waals surface area contributed by atoms with E-state index in [2.05, 4.69) is 37.2 Å². The zero-order valence-electron chi connectivity index (χ0n) is 35.2. The minimum atomic E-state index is -1.67. The van der Waals surface area contributed by atoms with Crippen molar-refractivity contribution in [2.24, 2.45) is 35.0 Å². The predicted octanol–water partition coefficient (Wildman–Crippen LogP) is -3.97. The summed E-state index contributed by atoms with van der Waals surface area (Å²) in [6, 6.07) is -9.61. The van der Waals surface area contributed by atoms with Crippen molar-refractivity contribution in [3.63, 3.8) is 0 Å². The Kier molecular flexibility index (Phi) is 25.6. The predicted molar refractivity (Wildman–Crippen MR) is 215 cm³/mol. The van der Waals surface area contributed by atoms with Gasteiger partial charge in [-0.15, -0.1) is 0 Å². The molecule has 0 aliphatic heterocycles. The number of hydrogen-bond donors (Lipinski definition) is 13. The quantitative estimate of drug-likeness (QED) is 0.0307. The summed E-state index contributed by atoms with van der Waals surface area (Å²) in [5, 5.41) is 45.0. The van der Waals surface area contributed by atoms with E-state index in [0.29, 0.717) is 12.8 Å². The van der Waals surface area contributed by atoms with Gasteiger partial charge in [-0.3, -0.25) is 43.2 Å². The van der Waals surface area contributed by atoms with Crippen LogP contribution >= 0.6 is 0 Å². The summed E-state index contributed by atoms with van der Waals surface area (Å²) in [5.41, 5.74) is 16.7. The number of carboxylic acid groups (broad SMARTS) is 2. The second kappa shape index (κ2) is 28.1. The first-order valence-electron chi connectivity index (χ1n) is 19.8. The zero-order chi connectivity index (χ0) is 46.3. The van der Waals surface area contributed by atoms with Crippen LogP contribution in [-0.4, -0.2) is 137 Å². The maximum atomic E-state index is 13.4. The molecule has 0 unspecified atom stereocenters. The number of nitrogens with one attached hydrogen (secondary N) is 7. The van der Waals surface area contributed by atoms with Crippen molar-refractivity contribution in [3.05, 3.63) is 0 Å². The molecule has 0 radical (unpaired) electrons. The lowest BCUT2D eigenvalue weighted by molar-refractivity contribution is -0.143. The third-order valence-corrected chi connectivity index (χ3v) is 8.79. The number of aliphatic hydroxyl groups excluding tert-OH is 1. The van der Waals surface area contributed by atoms with Crippen LogP contribution in [0.1, 0.15) is 92.9 Å². The zero-order valence-corrected chi connectivity index (χ0v) is 35.2. The summed E-state index contributed by atoms with van der Waals surface area (Å²) < 4.78 is 0. The van der Waals surface area contributed by atoms with E-state index in [-0.39, 0.29) is 37.6 Å². The van der Waals surface area contributed by atoms with Crippen LogP contribution in [0.3, 0.4) is 0 Å². The van der Waals surface area contributed by atoms with Gasteiger partial charge in [-0.1, -0.05) is 41.5 Å². The molecule has 0 saturated carbocycles. The lowest BCUT2D eigenvalue weighted by Gasteiger charge is -2.27. The summed E-state index contributed by atoms with van der Waals surface area (Å²) in [4.78, 5) is 126. The third-order valence-electron chi connectivity index (χ3n) is 8.79. The smallest absolute Gasteiger partial charge is 0.326 e. The molecule has 0 heterocycles. The second-order valence-corrected chi connectivity index (χ2v) is 15.6. The van der Waals surface area contributed by atoms with Gasteiger partial charge in [-0.05, 0) is 62.8 Å². The lowest BCUT2D eigenvalue weighted by Crippen LogP contribution is -2.59. The van der Waals surface area contributed by atoms with E-state index in [4.69, 9.17) is 22.3 Å². The maximum Gasteiger partial charge on any atom is 0.326 e. The molecule has 7 atom stereocenters. The van der Waals surface area contributed by atoms with Gasteiger partial charge in [-0.25, -0.2) is 4.79 Å². The van der Waals surface area contributed by atoms with E-state index in [9.17, 15) is 58.2 Å². The number of aliphatic carboxylic acids is 2. The van der Waals surface area contributed by atoms with Gasteiger partial charge in [0.1, 0.15) is 36.3 Å². The minimum Gasteiger partial charge on any atom is -0.481 e. The van der Waals surface area contributed by atoms with E-state index in [1.165, 1.54) is 0 Å². The summed E-state index contributed by atoms with van der Waals surface area (Å²) >= 11 is 0. The highest BCUT2D eigenvalue weighted by atomic mass is 16.4. The Morgan fingerprint density at radius 2 is 1.12 bits per heavy atom. The summed E-state index contributed by atoms with van der Waals surface area (Å²) in [6.07, 6.45) is -0.483. The first-order valence-corrected chi connectivity index (χ1v) is 19.8. The van der Waals surface area contributed by atoms with Crippen molar-refractivity contribution in [1.82, 2.24) is 37.2 Å². The highest BCUT2D eigenvalue weighted by Crippen LogP contribution is 2.10. The van der Waals surface area contributed by atoms with Crippen LogP contribution in [-0.2, 0) is 47.9 Å². The molecule has 60 heavy (non-hydrogen) atoms. The molecule has 0 aromatic heterocycles. The molecule has 0 aromatic rings. The first kappa shape index (κ1) is 54.6. The average Bonchev–Trinajstić information content (AvgIpc) is 3.14. The standard InChI is InChI=1S/C37H66N10O13/c1-18(2)13-21(39)31(53)45-25(15-27(40)49)33(55)46-26(17-48)35(57)43-22(9-7-8-12-38)32(54)41-16-28(50)42-24(14-19(3)4)34(56)47-30(20(5)6)36(58)44-23(37(59)60)10-11-29(51)52/h18-26,30,48H,7-17,38-39H2,1-6H3,(H2,40,49)(H,41,54)(H,42,50)(H,43,57)(H,44,58)(H,45,53)(H,46,55)(H,47,56)(H,51,52)(H,59,60)/t21-,22-,23-,24-,25-,26-,30-/m0/s1. The van der Waals surface area contributed by atoms with Crippen LogP contribution in [0.2, 0.25) is 0 Å². The molecular formula is C37H66N10O13. The van der Waals surface area contributed by atoms with Gasteiger partial charge in [0.25, 0.3) is 0 Å².